The van der Waals surface area contributed by atoms with Gasteiger partial charge in [-0.3, -0.25) is 9.97 Å². The molecule has 0 unspecified atom stereocenters. The van der Waals surface area contributed by atoms with Crippen LogP contribution in [0, 0.1) is 0 Å². The first-order chi connectivity index (χ1) is 9.95. The Balaban J connectivity index is 1.44. The van der Waals surface area contributed by atoms with E-state index in [-0.39, 0.29) is 0 Å². The highest BCUT2D eigenvalue weighted by Crippen LogP contribution is 1.96. The molecule has 0 aliphatic rings. The summed E-state index contributed by atoms with van der Waals surface area (Å²) in [6, 6.07) is 11.8. The van der Waals surface area contributed by atoms with Crippen LogP contribution >= 0.6 is 0 Å². The second-order valence-corrected chi connectivity index (χ2v) is 4.37. The van der Waals surface area contributed by atoms with Crippen molar-refractivity contribution in [3.05, 3.63) is 60.2 Å². The average Bonchev–Trinajstić information content (AvgIpc) is 2.52. The lowest BCUT2D eigenvalue weighted by molar-refractivity contribution is 0.0496. The van der Waals surface area contributed by atoms with Gasteiger partial charge in [-0.15, -0.1) is 0 Å². The maximum absolute atomic E-state index is 5.51. The van der Waals surface area contributed by atoms with Gasteiger partial charge in [0.25, 0.3) is 0 Å². The van der Waals surface area contributed by atoms with E-state index >= 15 is 0 Å². The van der Waals surface area contributed by atoms with Gasteiger partial charge in [-0.2, -0.15) is 0 Å². The van der Waals surface area contributed by atoms with Crippen LogP contribution in [0.2, 0.25) is 0 Å². The molecular formula is C16H20N2O2. The SMILES string of the molecule is c1ccc(CCOCCOCCc2ccccn2)nc1. The van der Waals surface area contributed by atoms with Gasteiger partial charge in [-0.05, 0) is 24.3 Å². The molecule has 106 valence electrons. The highest BCUT2D eigenvalue weighted by molar-refractivity contribution is 5.03. The van der Waals surface area contributed by atoms with E-state index in [0.29, 0.717) is 26.4 Å². The Morgan fingerprint density at radius 1 is 0.650 bits per heavy atom. The maximum atomic E-state index is 5.51. The van der Waals surface area contributed by atoms with Gasteiger partial charge in [0.05, 0.1) is 26.4 Å². The molecule has 2 aromatic rings. The van der Waals surface area contributed by atoms with Crippen LogP contribution in [-0.2, 0) is 22.3 Å². The summed E-state index contributed by atoms with van der Waals surface area (Å²) in [4.78, 5) is 8.48. The number of hydrogen-bond donors (Lipinski definition) is 0. The summed E-state index contributed by atoms with van der Waals surface area (Å²) in [5.41, 5.74) is 2.12. The summed E-state index contributed by atoms with van der Waals surface area (Å²) in [6.07, 6.45) is 5.29. The first kappa shape index (κ1) is 14.6. The molecule has 0 aromatic carbocycles. The Kier molecular flexibility index (Phi) is 6.71. The first-order valence-corrected chi connectivity index (χ1v) is 6.90. The van der Waals surface area contributed by atoms with Gasteiger partial charge < -0.3 is 9.47 Å². The molecule has 0 fully saturated rings. The fraction of sp³-hybridized carbons (Fsp3) is 0.375. The van der Waals surface area contributed by atoms with Gasteiger partial charge in [0.1, 0.15) is 0 Å². The van der Waals surface area contributed by atoms with Crippen LogP contribution in [0.25, 0.3) is 0 Å². The van der Waals surface area contributed by atoms with Crippen molar-refractivity contribution in [2.45, 2.75) is 12.8 Å². The number of rotatable bonds is 9. The fourth-order valence-electron chi connectivity index (χ4n) is 1.77. The summed E-state index contributed by atoms with van der Waals surface area (Å²) in [7, 11) is 0. The minimum Gasteiger partial charge on any atom is -0.379 e. The van der Waals surface area contributed by atoms with E-state index in [4.69, 9.17) is 9.47 Å². The van der Waals surface area contributed by atoms with Crippen LogP contribution in [0.5, 0.6) is 0 Å². The van der Waals surface area contributed by atoms with Gasteiger partial charge >= 0.3 is 0 Å². The van der Waals surface area contributed by atoms with E-state index in [0.717, 1.165) is 24.2 Å². The number of aromatic nitrogens is 2. The predicted octanol–water partition coefficient (Wildman–Crippen LogP) is 2.29. The molecule has 0 aliphatic heterocycles. The van der Waals surface area contributed by atoms with Crippen LogP contribution in [0.4, 0.5) is 0 Å². The highest BCUT2D eigenvalue weighted by atomic mass is 16.5. The number of nitrogens with zero attached hydrogens (tertiary/aromatic N) is 2. The maximum Gasteiger partial charge on any atom is 0.0700 e. The third kappa shape index (κ3) is 5.91. The Hall–Kier alpha value is -1.78. The van der Waals surface area contributed by atoms with E-state index in [1.165, 1.54) is 0 Å². The van der Waals surface area contributed by atoms with Gasteiger partial charge in [0.2, 0.25) is 0 Å². The van der Waals surface area contributed by atoms with Gasteiger partial charge in [0.15, 0.2) is 0 Å². The van der Waals surface area contributed by atoms with Crippen molar-refractivity contribution in [2.24, 2.45) is 0 Å². The van der Waals surface area contributed by atoms with Crippen LogP contribution in [0.3, 0.4) is 0 Å². The Bertz CT molecular complexity index is 417. The average molecular weight is 272 g/mol. The molecule has 0 N–H and O–H groups in total. The van der Waals surface area contributed by atoms with Crippen molar-refractivity contribution >= 4 is 0 Å². The zero-order valence-corrected chi connectivity index (χ0v) is 11.6. The van der Waals surface area contributed by atoms with E-state index in [2.05, 4.69) is 9.97 Å². The highest BCUT2D eigenvalue weighted by Gasteiger charge is 1.95. The lowest BCUT2D eigenvalue weighted by Gasteiger charge is -2.05. The van der Waals surface area contributed by atoms with Crippen molar-refractivity contribution in [3.63, 3.8) is 0 Å². The molecule has 2 heterocycles. The smallest absolute Gasteiger partial charge is 0.0700 e. The molecule has 0 radical (unpaired) electrons. The van der Waals surface area contributed by atoms with Crippen molar-refractivity contribution in [1.82, 2.24) is 9.97 Å². The molecule has 0 saturated heterocycles. The van der Waals surface area contributed by atoms with Crippen molar-refractivity contribution in [1.29, 1.82) is 0 Å². The molecule has 0 spiro atoms. The molecule has 0 amide bonds. The molecule has 0 atom stereocenters. The predicted molar refractivity (Wildman–Crippen MR) is 77.5 cm³/mol. The lowest BCUT2D eigenvalue weighted by atomic mass is 10.3. The summed E-state index contributed by atoms with van der Waals surface area (Å²) >= 11 is 0. The van der Waals surface area contributed by atoms with Crippen molar-refractivity contribution in [3.8, 4) is 0 Å². The number of ether oxygens (including phenoxy) is 2. The van der Waals surface area contributed by atoms with Crippen LogP contribution in [-0.4, -0.2) is 36.4 Å². The topological polar surface area (TPSA) is 44.2 Å². The molecule has 20 heavy (non-hydrogen) atoms. The molecule has 0 saturated carbocycles. The largest absolute Gasteiger partial charge is 0.379 e. The Morgan fingerprint density at radius 2 is 1.15 bits per heavy atom. The van der Waals surface area contributed by atoms with Crippen LogP contribution in [0.15, 0.2) is 48.8 Å². The summed E-state index contributed by atoms with van der Waals surface area (Å²) < 4.78 is 11.0. The van der Waals surface area contributed by atoms with E-state index in [9.17, 15) is 0 Å². The first-order valence-electron chi connectivity index (χ1n) is 6.90. The quantitative estimate of drug-likeness (QED) is 0.657. The van der Waals surface area contributed by atoms with Crippen LogP contribution in [0.1, 0.15) is 11.4 Å². The van der Waals surface area contributed by atoms with Crippen molar-refractivity contribution in [2.75, 3.05) is 26.4 Å². The molecule has 2 rings (SSSR count). The normalized spacial score (nSPS) is 10.6. The Labute approximate surface area is 119 Å². The summed E-state index contributed by atoms with van der Waals surface area (Å²) in [5, 5.41) is 0. The standard InChI is InChI=1S/C16H20N2O2/c1-3-9-17-15(5-1)7-11-19-13-14-20-12-8-16-6-2-4-10-18-16/h1-6,9-10H,7-8,11-14H2. The zero-order chi connectivity index (χ0) is 13.9. The minimum absolute atomic E-state index is 0.620. The van der Waals surface area contributed by atoms with Crippen molar-refractivity contribution < 1.29 is 9.47 Å². The summed E-state index contributed by atoms with van der Waals surface area (Å²) in [5.74, 6) is 0. The van der Waals surface area contributed by atoms with Gasteiger partial charge in [0, 0.05) is 36.6 Å². The molecule has 4 heteroatoms. The molecule has 0 aliphatic carbocycles. The minimum atomic E-state index is 0.620. The lowest BCUT2D eigenvalue weighted by Crippen LogP contribution is -2.09. The second-order valence-electron chi connectivity index (χ2n) is 4.37. The van der Waals surface area contributed by atoms with E-state index in [1.807, 2.05) is 36.4 Å². The van der Waals surface area contributed by atoms with E-state index < -0.39 is 0 Å². The summed E-state index contributed by atoms with van der Waals surface area (Å²) in [6.45, 7) is 2.60. The molecule has 4 nitrogen and oxygen atoms in total. The number of hydrogen-bond acceptors (Lipinski definition) is 4. The third-order valence-electron chi connectivity index (χ3n) is 2.83. The number of pyridine rings is 2. The monoisotopic (exact) mass is 272 g/mol. The zero-order valence-electron chi connectivity index (χ0n) is 11.6. The molecular weight excluding hydrogens is 252 g/mol. The molecule has 0 bridgehead atoms. The van der Waals surface area contributed by atoms with Gasteiger partial charge in [-0.25, -0.2) is 0 Å². The van der Waals surface area contributed by atoms with Crippen LogP contribution < -0.4 is 0 Å². The Morgan fingerprint density at radius 3 is 1.55 bits per heavy atom. The van der Waals surface area contributed by atoms with Gasteiger partial charge in [-0.1, -0.05) is 12.1 Å². The third-order valence-corrected chi connectivity index (χ3v) is 2.83. The second kappa shape index (κ2) is 9.18. The molecule has 2 aromatic heterocycles. The fourth-order valence-corrected chi connectivity index (χ4v) is 1.77. The van der Waals surface area contributed by atoms with E-state index in [1.54, 1.807) is 12.4 Å².